The molecular formula is C11H9NO2. The lowest BCUT2D eigenvalue weighted by molar-refractivity contribution is -0.138. The smallest absolute Gasteiger partial charge is 0.330 e. The van der Waals surface area contributed by atoms with E-state index in [4.69, 9.17) is 10.00 Å². The number of rotatable bonds is 3. The summed E-state index contributed by atoms with van der Waals surface area (Å²) in [7, 11) is 0. The van der Waals surface area contributed by atoms with Crippen molar-refractivity contribution in [2.45, 2.75) is 6.61 Å². The number of hydrogen-bond donors (Lipinski definition) is 0. The average Bonchev–Trinajstić information content (AvgIpc) is 2.26. The van der Waals surface area contributed by atoms with Crippen LogP contribution in [0.4, 0.5) is 0 Å². The molecule has 0 heterocycles. The van der Waals surface area contributed by atoms with Gasteiger partial charge in [-0.3, -0.25) is 0 Å². The number of carbonyl (C=O) groups is 1. The quantitative estimate of drug-likeness (QED) is 0.535. The molecule has 0 saturated heterocycles. The van der Waals surface area contributed by atoms with Crippen molar-refractivity contribution in [2.24, 2.45) is 0 Å². The lowest BCUT2D eigenvalue weighted by Gasteiger charge is -2.01. The minimum absolute atomic E-state index is 0.205. The topological polar surface area (TPSA) is 50.1 Å². The molecule has 3 heteroatoms. The molecule has 1 aromatic rings. The van der Waals surface area contributed by atoms with Gasteiger partial charge >= 0.3 is 5.97 Å². The second-order valence-corrected chi connectivity index (χ2v) is 2.62. The summed E-state index contributed by atoms with van der Waals surface area (Å²) in [6, 6.07) is 8.85. The number of esters is 1. The van der Waals surface area contributed by atoms with Crippen LogP contribution in [0.2, 0.25) is 0 Å². The summed E-state index contributed by atoms with van der Waals surface area (Å²) in [6.07, 6.45) is 1.11. The van der Waals surface area contributed by atoms with E-state index in [1.165, 1.54) is 0 Å². The van der Waals surface area contributed by atoms with Gasteiger partial charge in [-0.25, -0.2) is 4.79 Å². The van der Waals surface area contributed by atoms with Gasteiger partial charge in [0.1, 0.15) is 6.61 Å². The van der Waals surface area contributed by atoms with Gasteiger partial charge in [0.2, 0.25) is 0 Å². The van der Waals surface area contributed by atoms with E-state index in [2.05, 4.69) is 6.58 Å². The van der Waals surface area contributed by atoms with Crippen molar-refractivity contribution in [3.05, 3.63) is 48.0 Å². The van der Waals surface area contributed by atoms with Gasteiger partial charge < -0.3 is 4.74 Å². The fraction of sp³-hybridized carbons (Fsp3) is 0.0909. The van der Waals surface area contributed by atoms with E-state index >= 15 is 0 Å². The molecule has 0 unspecified atom stereocenters. The number of nitrogens with zero attached hydrogens (tertiary/aromatic N) is 1. The monoisotopic (exact) mass is 187 g/mol. The van der Waals surface area contributed by atoms with Crippen LogP contribution in [0.15, 0.2) is 36.9 Å². The Kier molecular flexibility index (Phi) is 3.45. The van der Waals surface area contributed by atoms with E-state index in [0.717, 1.165) is 11.6 Å². The van der Waals surface area contributed by atoms with Crippen LogP contribution in [0.3, 0.4) is 0 Å². The van der Waals surface area contributed by atoms with Crippen LogP contribution >= 0.6 is 0 Å². The van der Waals surface area contributed by atoms with Gasteiger partial charge in [0.05, 0.1) is 11.6 Å². The maximum absolute atomic E-state index is 10.7. The summed E-state index contributed by atoms with van der Waals surface area (Å²) in [6.45, 7) is 3.49. The summed E-state index contributed by atoms with van der Waals surface area (Å²) < 4.78 is 4.81. The second-order valence-electron chi connectivity index (χ2n) is 2.62. The van der Waals surface area contributed by atoms with E-state index in [-0.39, 0.29) is 6.61 Å². The van der Waals surface area contributed by atoms with Crippen molar-refractivity contribution in [1.29, 1.82) is 5.26 Å². The fourth-order valence-corrected chi connectivity index (χ4v) is 0.889. The summed E-state index contributed by atoms with van der Waals surface area (Å²) in [5.74, 6) is -0.450. The molecule has 1 aromatic carbocycles. The number of carbonyl (C=O) groups excluding carboxylic acids is 1. The second kappa shape index (κ2) is 4.83. The molecular weight excluding hydrogens is 178 g/mol. The minimum Gasteiger partial charge on any atom is -0.458 e. The van der Waals surface area contributed by atoms with Crippen molar-refractivity contribution in [2.75, 3.05) is 0 Å². The van der Waals surface area contributed by atoms with Crippen molar-refractivity contribution in [3.8, 4) is 6.07 Å². The van der Waals surface area contributed by atoms with Crippen molar-refractivity contribution < 1.29 is 9.53 Å². The Labute approximate surface area is 82.2 Å². The molecule has 0 bridgehead atoms. The molecule has 0 aliphatic rings. The molecule has 0 amide bonds. The highest BCUT2D eigenvalue weighted by atomic mass is 16.5. The van der Waals surface area contributed by atoms with E-state index in [0.29, 0.717) is 5.56 Å². The van der Waals surface area contributed by atoms with Crippen molar-refractivity contribution in [3.63, 3.8) is 0 Å². The van der Waals surface area contributed by atoms with Crippen molar-refractivity contribution >= 4 is 5.97 Å². The first-order valence-corrected chi connectivity index (χ1v) is 4.04. The highest BCUT2D eigenvalue weighted by Gasteiger charge is 1.97. The largest absolute Gasteiger partial charge is 0.458 e. The Morgan fingerprint density at radius 1 is 1.50 bits per heavy atom. The molecule has 0 aliphatic carbocycles. The molecule has 3 nitrogen and oxygen atoms in total. The van der Waals surface area contributed by atoms with Gasteiger partial charge in [0.25, 0.3) is 0 Å². The van der Waals surface area contributed by atoms with Crippen LogP contribution in [-0.2, 0) is 16.1 Å². The molecule has 70 valence electrons. The number of benzene rings is 1. The van der Waals surface area contributed by atoms with Gasteiger partial charge in [0, 0.05) is 6.08 Å². The molecule has 0 atom stereocenters. The van der Waals surface area contributed by atoms with Gasteiger partial charge in [-0.05, 0) is 17.7 Å². The molecule has 0 saturated carbocycles. The van der Waals surface area contributed by atoms with Crippen LogP contribution in [0, 0.1) is 11.3 Å². The fourth-order valence-electron chi connectivity index (χ4n) is 0.889. The third kappa shape index (κ3) is 2.76. The lowest BCUT2D eigenvalue weighted by atomic mass is 10.2. The first-order valence-electron chi connectivity index (χ1n) is 4.04. The van der Waals surface area contributed by atoms with E-state index < -0.39 is 5.97 Å². The summed E-state index contributed by atoms with van der Waals surface area (Å²) >= 11 is 0. The van der Waals surface area contributed by atoms with Gasteiger partial charge in [0.15, 0.2) is 0 Å². The van der Waals surface area contributed by atoms with E-state index in [9.17, 15) is 4.79 Å². The average molecular weight is 187 g/mol. The number of ether oxygens (including phenoxy) is 1. The van der Waals surface area contributed by atoms with E-state index in [1.807, 2.05) is 6.07 Å². The predicted molar refractivity (Wildman–Crippen MR) is 51.2 cm³/mol. The Balaban J connectivity index is 2.57. The highest BCUT2D eigenvalue weighted by Crippen LogP contribution is 2.04. The van der Waals surface area contributed by atoms with Gasteiger partial charge in [-0.1, -0.05) is 18.7 Å². The minimum atomic E-state index is -0.450. The van der Waals surface area contributed by atoms with E-state index in [1.54, 1.807) is 24.3 Å². The van der Waals surface area contributed by atoms with Crippen LogP contribution in [0.5, 0.6) is 0 Å². The Hall–Kier alpha value is -2.08. The number of hydrogen-bond acceptors (Lipinski definition) is 3. The Bertz CT molecular complexity index is 373. The zero-order valence-corrected chi connectivity index (χ0v) is 7.56. The Morgan fingerprint density at radius 3 is 2.64 bits per heavy atom. The molecule has 0 fully saturated rings. The zero-order valence-electron chi connectivity index (χ0n) is 7.56. The molecule has 0 N–H and O–H groups in total. The molecule has 14 heavy (non-hydrogen) atoms. The third-order valence-corrected chi connectivity index (χ3v) is 1.63. The third-order valence-electron chi connectivity index (χ3n) is 1.63. The summed E-state index contributed by atoms with van der Waals surface area (Å²) in [5, 5.41) is 8.54. The Morgan fingerprint density at radius 2 is 2.14 bits per heavy atom. The zero-order chi connectivity index (χ0) is 10.4. The first kappa shape index (κ1) is 10.0. The summed E-state index contributed by atoms with van der Waals surface area (Å²) in [5.41, 5.74) is 1.43. The van der Waals surface area contributed by atoms with Crippen LogP contribution in [-0.4, -0.2) is 5.97 Å². The van der Waals surface area contributed by atoms with Crippen LogP contribution in [0.1, 0.15) is 11.1 Å². The van der Waals surface area contributed by atoms with Crippen molar-refractivity contribution in [1.82, 2.24) is 0 Å². The molecule has 0 aliphatic heterocycles. The predicted octanol–water partition coefficient (Wildman–Crippen LogP) is 1.79. The molecule has 0 radical (unpaired) electrons. The maximum Gasteiger partial charge on any atom is 0.330 e. The summed E-state index contributed by atoms with van der Waals surface area (Å²) in [4.78, 5) is 10.7. The standard InChI is InChI=1S/C11H9NO2/c1-2-11(13)14-8-10-5-3-9(7-12)4-6-10/h2-6H,1,8H2. The molecule has 1 rings (SSSR count). The SMILES string of the molecule is C=CC(=O)OCc1ccc(C#N)cc1. The van der Waals surface area contributed by atoms with Crippen LogP contribution < -0.4 is 0 Å². The molecule has 0 spiro atoms. The van der Waals surface area contributed by atoms with Crippen LogP contribution in [0.25, 0.3) is 0 Å². The number of nitriles is 1. The highest BCUT2D eigenvalue weighted by molar-refractivity contribution is 5.81. The maximum atomic E-state index is 10.7. The lowest BCUT2D eigenvalue weighted by Crippen LogP contribution is -1.99. The first-order chi connectivity index (χ1) is 6.76. The normalized spacial score (nSPS) is 8.79. The van der Waals surface area contributed by atoms with Gasteiger partial charge in [-0.2, -0.15) is 5.26 Å². The molecule has 0 aromatic heterocycles. The van der Waals surface area contributed by atoms with Gasteiger partial charge in [-0.15, -0.1) is 0 Å².